The van der Waals surface area contributed by atoms with Gasteiger partial charge in [-0.25, -0.2) is 13.7 Å². The Morgan fingerprint density at radius 2 is 1.09 bits per heavy atom. The number of hydrogen-bond acceptors (Lipinski definition) is 13. The van der Waals surface area contributed by atoms with E-state index in [1.54, 1.807) is 0 Å². The molecular weight excluding hydrogens is 541 g/mol. The molecule has 2 aliphatic heterocycles. The highest BCUT2D eigenvalue weighted by Crippen LogP contribution is 2.48. The fourth-order valence-electron chi connectivity index (χ4n) is 3.34. The van der Waals surface area contributed by atoms with Crippen molar-refractivity contribution in [3.63, 3.8) is 0 Å². The summed E-state index contributed by atoms with van der Waals surface area (Å²) in [5, 5.41) is 29.7. The lowest BCUT2D eigenvalue weighted by molar-refractivity contribution is -0.313. The molecule has 2 aliphatic rings. The molecule has 0 aliphatic carbocycles. The molecule has 0 bridgehead atoms. The van der Waals surface area contributed by atoms with Crippen LogP contribution in [0, 0.1) is 0 Å². The third-order valence-corrected chi connectivity index (χ3v) is 6.10. The van der Waals surface area contributed by atoms with Gasteiger partial charge in [0.15, 0.2) is 12.6 Å². The summed E-state index contributed by atoms with van der Waals surface area (Å²) in [6.45, 7) is -1.92. The van der Waals surface area contributed by atoms with Crippen LogP contribution in [-0.2, 0) is 46.2 Å². The lowest BCUT2D eigenvalue weighted by Crippen LogP contribution is -2.61. The van der Waals surface area contributed by atoms with Crippen LogP contribution >= 0.6 is 23.5 Å². The first-order chi connectivity index (χ1) is 15.5. The Bertz CT molecular complexity index is 806. The molecule has 2 fully saturated rings. The van der Waals surface area contributed by atoms with Crippen LogP contribution < -0.4 is 0 Å². The molecule has 0 aromatic rings. The van der Waals surface area contributed by atoms with Gasteiger partial charge in [-0.2, -0.15) is 0 Å². The maximum atomic E-state index is 11.4. The van der Waals surface area contributed by atoms with Crippen molar-refractivity contribution in [2.45, 2.75) is 55.3 Å². The average Bonchev–Trinajstić information content (AvgIpc) is 2.99. The topological polar surface area (TPSA) is 298 Å². The molecule has 9 atom stereocenters. The van der Waals surface area contributed by atoms with E-state index in [2.05, 4.69) is 13.6 Å². The van der Waals surface area contributed by atoms with Crippen LogP contribution in [0.1, 0.15) is 0 Å². The Morgan fingerprint density at radius 3 is 1.53 bits per heavy atom. The number of aliphatic hydroxyl groups is 3. The summed E-state index contributed by atoms with van der Waals surface area (Å²) in [6.07, 6.45) is -16.8. The summed E-state index contributed by atoms with van der Waals surface area (Å²) in [5.41, 5.74) is 0. The summed E-state index contributed by atoms with van der Waals surface area (Å²) >= 11 is 0. The number of rotatable bonds is 11. The quantitative estimate of drug-likeness (QED) is 0.108. The van der Waals surface area contributed by atoms with Crippen molar-refractivity contribution in [3.05, 3.63) is 0 Å². The zero-order valence-electron chi connectivity index (χ0n) is 17.1. The molecule has 9 N–H and O–H groups in total. The van der Waals surface area contributed by atoms with Crippen molar-refractivity contribution in [3.8, 4) is 0 Å². The Labute approximate surface area is 190 Å². The van der Waals surface area contributed by atoms with Crippen molar-refractivity contribution in [1.29, 1.82) is 0 Å². The molecule has 2 rings (SSSR count). The third-order valence-electron chi connectivity index (χ3n) is 4.54. The summed E-state index contributed by atoms with van der Waals surface area (Å²) in [7, 11) is -15.0. The number of hydrogen-bond donors (Lipinski definition) is 9. The van der Waals surface area contributed by atoms with Crippen molar-refractivity contribution < 1.29 is 90.9 Å². The molecule has 19 nitrogen and oxygen atoms in total. The molecule has 202 valence electrons. The van der Waals surface area contributed by atoms with Gasteiger partial charge in [0.2, 0.25) is 0 Å². The van der Waals surface area contributed by atoms with Crippen LogP contribution in [0.2, 0.25) is 0 Å². The smallest absolute Gasteiger partial charge is 0.394 e. The molecule has 0 amide bonds. The normalized spacial score (nSPS) is 37.8. The van der Waals surface area contributed by atoms with Crippen LogP contribution in [0.3, 0.4) is 0 Å². The van der Waals surface area contributed by atoms with Crippen molar-refractivity contribution in [1.82, 2.24) is 0 Å². The van der Waals surface area contributed by atoms with E-state index in [4.69, 9.17) is 48.3 Å². The van der Waals surface area contributed by atoms with Gasteiger partial charge in [-0.15, -0.1) is 0 Å². The summed E-state index contributed by atoms with van der Waals surface area (Å²) in [5.74, 6) is 0. The highest BCUT2D eigenvalue weighted by molar-refractivity contribution is 7.46. The molecule has 9 unspecified atom stereocenters. The van der Waals surface area contributed by atoms with Gasteiger partial charge in [0.1, 0.15) is 42.7 Å². The van der Waals surface area contributed by atoms with Crippen molar-refractivity contribution in [2.24, 2.45) is 0 Å². The van der Waals surface area contributed by atoms with Gasteiger partial charge in [0, 0.05) is 7.11 Å². The van der Waals surface area contributed by atoms with Gasteiger partial charge in [-0.05, 0) is 0 Å². The zero-order valence-corrected chi connectivity index (χ0v) is 19.7. The molecule has 0 saturated carbocycles. The summed E-state index contributed by atoms with van der Waals surface area (Å²) < 4.78 is 68.1. The molecule has 22 heteroatoms. The maximum Gasteiger partial charge on any atom is 0.470 e. The summed E-state index contributed by atoms with van der Waals surface area (Å²) in [6, 6.07) is 0. The van der Waals surface area contributed by atoms with E-state index in [1.807, 2.05) is 0 Å². The molecular formula is C12H25O19P3. The Balaban J connectivity index is 2.38. The monoisotopic (exact) mass is 566 g/mol. The minimum atomic E-state index is -5.44. The van der Waals surface area contributed by atoms with Crippen molar-refractivity contribution >= 4 is 23.5 Å². The van der Waals surface area contributed by atoms with E-state index in [1.165, 1.54) is 0 Å². The molecule has 0 aromatic heterocycles. The molecule has 2 heterocycles. The number of methoxy groups -OCH3 is 1. The van der Waals surface area contributed by atoms with E-state index in [-0.39, 0.29) is 0 Å². The van der Waals surface area contributed by atoms with Gasteiger partial charge in [-0.1, -0.05) is 0 Å². The standard InChI is InChI=1S/C12H25O19P3/c1-25-12-10(31-34(22,23)24)7(4(2-13)27-12)28-11-6(15)9(30-33(19,20)21)8(5(3-14)26-11)29-32(16,17)18/h4-15H,2-3H2,1H3,(H2,16,17,18)(H2,19,20,21)(H2,22,23,24). The SMILES string of the molecule is COC1OC(CO)C(OC2OC(CO)C(OP(=O)(O)O)C(OP(=O)(O)O)C2O)C1OP(=O)(O)O. The van der Waals surface area contributed by atoms with Gasteiger partial charge in [0.25, 0.3) is 0 Å². The first-order valence-corrected chi connectivity index (χ1v) is 13.7. The number of phosphoric acid groups is 3. The minimum Gasteiger partial charge on any atom is -0.394 e. The lowest BCUT2D eigenvalue weighted by Gasteiger charge is -2.44. The molecule has 2 saturated heterocycles. The number of ether oxygens (including phenoxy) is 4. The van der Waals surface area contributed by atoms with Gasteiger partial charge >= 0.3 is 23.5 Å². The highest BCUT2D eigenvalue weighted by atomic mass is 31.2. The van der Waals surface area contributed by atoms with E-state index in [0.29, 0.717) is 0 Å². The fourth-order valence-corrected chi connectivity index (χ4v) is 5.01. The van der Waals surface area contributed by atoms with E-state index in [9.17, 15) is 29.0 Å². The Kier molecular flexibility index (Phi) is 10.3. The van der Waals surface area contributed by atoms with Gasteiger partial charge < -0.3 is 63.6 Å². The second-order valence-corrected chi connectivity index (χ2v) is 10.5. The minimum absolute atomic E-state index is 0.829. The zero-order chi connectivity index (χ0) is 26.1. The van der Waals surface area contributed by atoms with Crippen LogP contribution in [0.25, 0.3) is 0 Å². The molecule has 34 heavy (non-hydrogen) atoms. The Hall–Kier alpha value is 0.0500. The number of phosphoric ester groups is 3. The largest absolute Gasteiger partial charge is 0.470 e. The fraction of sp³-hybridized carbons (Fsp3) is 1.00. The predicted octanol–water partition coefficient (Wildman–Crippen LogP) is -3.75. The van der Waals surface area contributed by atoms with Crippen LogP contribution in [0.15, 0.2) is 0 Å². The van der Waals surface area contributed by atoms with Crippen LogP contribution in [-0.4, -0.2) is 120 Å². The lowest BCUT2D eigenvalue weighted by atomic mass is 9.99. The second kappa shape index (κ2) is 11.6. The molecule has 0 aromatic carbocycles. The van der Waals surface area contributed by atoms with Crippen LogP contribution in [0.5, 0.6) is 0 Å². The highest BCUT2D eigenvalue weighted by Gasteiger charge is 2.55. The average molecular weight is 566 g/mol. The van der Waals surface area contributed by atoms with Crippen LogP contribution in [0.4, 0.5) is 0 Å². The molecule has 0 radical (unpaired) electrons. The van der Waals surface area contributed by atoms with E-state index >= 15 is 0 Å². The molecule has 0 spiro atoms. The van der Waals surface area contributed by atoms with Gasteiger partial charge in [0.05, 0.1) is 13.2 Å². The summed E-state index contributed by atoms with van der Waals surface area (Å²) in [4.78, 5) is 54.8. The first kappa shape index (κ1) is 30.3. The second-order valence-electron chi connectivity index (χ2n) is 6.96. The van der Waals surface area contributed by atoms with E-state index < -0.39 is 92.0 Å². The number of aliphatic hydroxyl groups excluding tert-OH is 3. The Morgan fingerprint density at radius 1 is 0.676 bits per heavy atom. The van der Waals surface area contributed by atoms with Gasteiger partial charge in [-0.3, -0.25) is 13.6 Å². The first-order valence-electron chi connectivity index (χ1n) is 9.10. The third kappa shape index (κ3) is 8.29. The maximum absolute atomic E-state index is 11.4. The predicted molar refractivity (Wildman–Crippen MR) is 100 cm³/mol. The van der Waals surface area contributed by atoms with Crippen molar-refractivity contribution in [2.75, 3.05) is 20.3 Å². The van der Waals surface area contributed by atoms with E-state index in [0.717, 1.165) is 7.11 Å².